The van der Waals surface area contributed by atoms with Crippen LogP contribution in [0.4, 0.5) is 5.69 Å². The summed E-state index contributed by atoms with van der Waals surface area (Å²) in [6.45, 7) is 0. The molecule has 0 aromatic carbocycles. The first kappa shape index (κ1) is 13.6. The Kier molecular flexibility index (Phi) is 3.62. The lowest BCUT2D eigenvalue weighted by molar-refractivity contribution is -0.385. The van der Waals surface area contributed by atoms with Crippen LogP contribution in [-0.2, 0) is 7.05 Å². The first-order valence-electron chi connectivity index (χ1n) is 5.72. The highest BCUT2D eigenvalue weighted by Gasteiger charge is 2.14. The number of nitrogens with zero attached hydrogens (tertiary/aromatic N) is 6. The summed E-state index contributed by atoms with van der Waals surface area (Å²) < 4.78 is 1.83. The molecule has 3 heterocycles. The fourth-order valence-electron chi connectivity index (χ4n) is 1.56. The highest BCUT2D eigenvalue weighted by atomic mass is 32.2. The maximum atomic E-state index is 10.6. The van der Waals surface area contributed by atoms with Crippen molar-refractivity contribution in [1.29, 1.82) is 0 Å². The van der Waals surface area contributed by atoms with Gasteiger partial charge in [0.25, 0.3) is 0 Å². The van der Waals surface area contributed by atoms with Crippen molar-refractivity contribution in [2.75, 3.05) is 0 Å². The van der Waals surface area contributed by atoms with Crippen LogP contribution in [-0.4, -0.2) is 29.7 Å². The van der Waals surface area contributed by atoms with E-state index in [1.165, 1.54) is 24.2 Å². The third-order valence-corrected chi connectivity index (χ3v) is 4.38. The minimum absolute atomic E-state index is 0.142. The standard InChI is InChI=1S/C11H8N6O2S2/c1-16-9(8-3-2-4-20-8)14-15-11(16)21-10-12-5-7(6-13-10)17(18)19/h2-6H,1H3. The van der Waals surface area contributed by atoms with Gasteiger partial charge in [-0.3, -0.25) is 10.1 Å². The second-order valence-corrected chi connectivity index (χ2v) is 5.81. The summed E-state index contributed by atoms with van der Waals surface area (Å²) in [5.41, 5.74) is -0.142. The van der Waals surface area contributed by atoms with E-state index >= 15 is 0 Å². The van der Waals surface area contributed by atoms with E-state index in [-0.39, 0.29) is 5.69 Å². The van der Waals surface area contributed by atoms with Crippen LogP contribution in [0.1, 0.15) is 0 Å². The summed E-state index contributed by atoms with van der Waals surface area (Å²) in [4.78, 5) is 18.9. The van der Waals surface area contributed by atoms with Crippen molar-refractivity contribution in [3.63, 3.8) is 0 Å². The second-order valence-electron chi connectivity index (χ2n) is 3.93. The summed E-state index contributed by atoms with van der Waals surface area (Å²) in [6, 6.07) is 3.91. The van der Waals surface area contributed by atoms with E-state index < -0.39 is 4.92 Å². The molecule has 8 nitrogen and oxygen atoms in total. The number of hydrogen-bond donors (Lipinski definition) is 0. The van der Waals surface area contributed by atoms with Crippen molar-refractivity contribution in [1.82, 2.24) is 24.7 Å². The Hall–Kier alpha value is -2.33. The van der Waals surface area contributed by atoms with Crippen molar-refractivity contribution in [2.45, 2.75) is 10.3 Å². The molecule has 3 rings (SSSR count). The molecule has 0 N–H and O–H groups in total. The minimum atomic E-state index is -0.536. The van der Waals surface area contributed by atoms with Crippen LogP contribution < -0.4 is 0 Å². The zero-order chi connectivity index (χ0) is 14.8. The van der Waals surface area contributed by atoms with Gasteiger partial charge < -0.3 is 4.57 Å². The molecule has 0 atom stereocenters. The Balaban J connectivity index is 1.84. The Labute approximate surface area is 127 Å². The average molecular weight is 320 g/mol. The van der Waals surface area contributed by atoms with Gasteiger partial charge in [-0.1, -0.05) is 6.07 Å². The van der Waals surface area contributed by atoms with Gasteiger partial charge >= 0.3 is 5.69 Å². The molecule has 0 bridgehead atoms. The van der Waals surface area contributed by atoms with Crippen LogP contribution in [0.2, 0.25) is 0 Å². The molecule has 106 valence electrons. The Bertz CT molecular complexity index is 769. The SMILES string of the molecule is Cn1c(Sc2ncc([N+](=O)[O-])cn2)nnc1-c1cccs1. The van der Waals surface area contributed by atoms with Gasteiger partial charge in [0.05, 0.1) is 9.80 Å². The van der Waals surface area contributed by atoms with Crippen molar-refractivity contribution >= 4 is 28.8 Å². The van der Waals surface area contributed by atoms with E-state index in [2.05, 4.69) is 20.2 Å². The van der Waals surface area contributed by atoms with E-state index in [1.54, 1.807) is 11.3 Å². The molecular weight excluding hydrogens is 312 g/mol. The zero-order valence-corrected chi connectivity index (χ0v) is 12.3. The third kappa shape index (κ3) is 2.76. The number of nitro groups is 1. The molecule has 0 saturated heterocycles. The van der Waals surface area contributed by atoms with Crippen LogP contribution in [0.15, 0.2) is 40.2 Å². The normalized spacial score (nSPS) is 10.7. The van der Waals surface area contributed by atoms with Crippen LogP contribution in [0.3, 0.4) is 0 Å². The first-order chi connectivity index (χ1) is 10.1. The Morgan fingerprint density at radius 3 is 2.71 bits per heavy atom. The number of hydrogen-bond acceptors (Lipinski definition) is 8. The molecule has 0 aliphatic rings. The fourth-order valence-corrected chi connectivity index (χ4v) is 2.99. The monoisotopic (exact) mass is 320 g/mol. The first-order valence-corrected chi connectivity index (χ1v) is 7.42. The zero-order valence-electron chi connectivity index (χ0n) is 10.7. The molecule has 0 aliphatic heterocycles. The van der Waals surface area contributed by atoms with Crippen LogP contribution >= 0.6 is 23.1 Å². The molecular formula is C11H8N6O2S2. The average Bonchev–Trinajstić information content (AvgIpc) is 3.10. The topological polar surface area (TPSA) is 99.6 Å². The molecule has 0 unspecified atom stereocenters. The molecule has 21 heavy (non-hydrogen) atoms. The smallest absolute Gasteiger partial charge is 0.304 e. The van der Waals surface area contributed by atoms with Crippen molar-refractivity contribution in [3.8, 4) is 10.7 Å². The highest BCUT2D eigenvalue weighted by Crippen LogP contribution is 2.28. The van der Waals surface area contributed by atoms with E-state index in [0.29, 0.717) is 10.3 Å². The third-order valence-electron chi connectivity index (χ3n) is 2.58. The molecule has 0 aliphatic carbocycles. The summed E-state index contributed by atoms with van der Waals surface area (Å²) in [7, 11) is 1.85. The molecule has 0 saturated carbocycles. The summed E-state index contributed by atoms with van der Waals surface area (Å²) in [5, 5.41) is 21.8. The van der Waals surface area contributed by atoms with Crippen LogP contribution in [0, 0.1) is 10.1 Å². The highest BCUT2D eigenvalue weighted by molar-refractivity contribution is 7.99. The molecule has 0 radical (unpaired) electrons. The van der Waals surface area contributed by atoms with Crippen LogP contribution in [0.5, 0.6) is 0 Å². The van der Waals surface area contributed by atoms with E-state index in [4.69, 9.17) is 0 Å². The molecule has 3 aromatic rings. The summed E-state index contributed by atoms with van der Waals surface area (Å²) >= 11 is 2.78. The van der Waals surface area contributed by atoms with E-state index in [0.717, 1.165) is 10.7 Å². The lowest BCUT2D eigenvalue weighted by Gasteiger charge is -2.01. The fraction of sp³-hybridized carbons (Fsp3) is 0.0909. The number of aromatic nitrogens is 5. The lowest BCUT2D eigenvalue weighted by Crippen LogP contribution is -1.96. The molecule has 0 amide bonds. The summed E-state index contributed by atoms with van der Waals surface area (Å²) in [5.74, 6) is 0.759. The summed E-state index contributed by atoms with van der Waals surface area (Å²) in [6.07, 6.45) is 2.35. The van der Waals surface area contributed by atoms with Crippen molar-refractivity contribution in [2.24, 2.45) is 7.05 Å². The van der Waals surface area contributed by atoms with Gasteiger partial charge in [-0.2, -0.15) is 0 Å². The predicted octanol–water partition coefficient (Wildman–Crippen LogP) is 2.39. The number of rotatable bonds is 4. The Morgan fingerprint density at radius 2 is 2.10 bits per heavy atom. The van der Waals surface area contributed by atoms with Gasteiger partial charge in [0, 0.05) is 7.05 Å². The molecule has 3 aromatic heterocycles. The van der Waals surface area contributed by atoms with Gasteiger partial charge in [-0.25, -0.2) is 9.97 Å². The Morgan fingerprint density at radius 1 is 1.33 bits per heavy atom. The predicted molar refractivity (Wildman–Crippen MR) is 77.1 cm³/mol. The second kappa shape index (κ2) is 5.58. The maximum absolute atomic E-state index is 10.6. The molecule has 0 spiro atoms. The largest absolute Gasteiger partial charge is 0.305 e. The lowest BCUT2D eigenvalue weighted by atomic mass is 10.4. The van der Waals surface area contributed by atoms with Gasteiger partial charge in [-0.15, -0.1) is 21.5 Å². The van der Waals surface area contributed by atoms with Gasteiger partial charge in [-0.05, 0) is 23.2 Å². The van der Waals surface area contributed by atoms with E-state index in [9.17, 15) is 10.1 Å². The maximum Gasteiger partial charge on any atom is 0.305 e. The van der Waals surface area contributed by atoms with Crippen molar-refractivity contribution in [3.05, 3.63) is 40.0 Å². The van der Waals surface area contributed by atoms with Gasteiger partial charge in [0.15, 0.2) is 16.1 Å². The quantitative estimate of drug-likeness (QED) is 0.413. The van der Waals surface area contributed by atoms with Gasteiger partial charge in [0.1, 0.15) is 12.4 Å². The van der Waals surface area contributed by atoms with Crippen molar-refractivity contribution < 1.29 is 4.92 Å². The molecule has 0 fully saturated rings. The minimum Gasteiger partial charge on any atom is -0.304 e. The number of thiophene rings is 1. The van der Waals surface area contributed by atoms with E-state index in [1.807, 2.05) is 29.1 Å². The molecule has 10 heteroatoms. The van der Waals surface area contributed by atoms with Gasteiger partial charge in [0.2, 0.25) is 0 Å². The van der Waals surface area contributed by atoms with Crippen LogP contribution in [0.25, 0.3) is 10.7 Å².